The highest BCUT2D eigenvalue weighted by Gasteiger charge is 2.26. The molecule has 86 valence electrons. The summed E-state index contributed by atoms with van der Waals surface area (Å²) in [7, 11) is 1.37. The Kier molecular flexibility index (Phi) is 4.59. The van der Waals surface area contributed by atoms with Crippen LogP contribution in [0.25, 0.3) is 0 Å². The molecular weight excluding hydrogens is 194 g/mol. The first-order valence-electron chi connectivity index (χ1n) is 5.52. The summed E-state index contributed by atoms with van der Waals surface area (Å²) in [5.41, 5.74) is 0. The minimum absolute atomic E-state index is 0.170. The standard InChI is InChI=1S/C11H19NO3/c1-3-12(7-6-11(14)15-2)10(13)8-9-4-5-9/h9H,3-8H2,1-2H3. The molecule has 0 spiro atoms. The molecule has 0 radical (unpaired) electrons. The molecule has 1 aliphatic rings. The van der Waals surface area contributed by atoms with Gasteiger partial charge in [-0.1, -0.05) is 0 Å². The third-order valence-corrected chi connectivity index (χ3v) is 2.71. The molecule has 0 atom stereocenters. The van der Waals surface area contributed by atoms with E-state index in [2.05, 4.69) is 4.74 Å². The van der Waals surface area contributed by atoms with Gasteiger partial charge in [0.1, 0.15) is 0 Å². The Morgan fingerprint density at radius 1 is 1.40 bits per heavy atom. The number of carbonyl (C=O) groups excluding carboxylic acids is 2. The van der Waals surface area contributed by atoms with E-state index in [0.29, 0.717) is 31.8 Å². The van der Waals surface area contributed by atoms with Gasteiger partial charge in [-0.05, 0) is 25.7 Å². The van der Waals surface area contributed by atoms with Crippen LogP contribution in [0.5, 0.6) is 0 Å². The Balaban J connectivity index is 2.26. The molecule has 4 nitrogen and oxygen atoms in total. The molecule has 0 unspecified atom stereocenters. The van der Waals surface area contributed by atoms with Gasteiger partial charge in [-0.3, -0.25) is 9.59 Å². The molecule has 1 rings (SSSR count). The minimum Gasteiger partial charge on any atom is -0.469 e. The molecule has 0 bridgehead atoms. The maximum atomic E-state index is 11.7. The molecule has 4 heteroatoms. The fourth-order valence-electron chi connectivity index (χ4n) is 1.49. The second-order valence-corrected chi connectivity index (χ2v) is 3.95. The highest BCUT2D eigenvalue weighted by atomic mass is 16.5. The van der Waals surface area contributed by atoms with E-state index in [4.69, 9.17) is 0 Å². The lowest BCUT2D eigenvalue weighted by Gasteiger charge is -2.20. The second kappa shape index (κ2) is 5.73. The van der Waals surface area contributed by atoms with Crippen molar-refractivity contribution in [1.29, 1.82) is 0 Å². The fraction of sp³-hybridized carbons (Fsp3) is 0.818. The maximum absolute atomic E-state index is 11.7. The predicted molar refractivity (Wildman–Crippen MR) is 56.2 cm³/mol. The van der Waals surface area contributed by atoms with Crippen molar-refractivity contribution in [3.05, 3.63) is 0 Å². The van der Waals surface area contributed by atoms with Crippen molar-refractivity contribution in [2.75, 3.05) is 20.2 Å². The van der Waals surface area contributed by atoms with Crippen LogP contribution in [0.4, 0.5) is 0 Å². The van der Waals surface area contributed by atoms with E-state index in [1.54, 1.807) is 4.90 Å². The van der Waals surface area contributed by atoms with Crippen molar-refractivity contribution in [2.45, 2.75) is 32.6 Å². The molecule has 1 fully saturated rings. The second-order valence-electron chi connectivity index (χ2n) is 3.95. The van der Waals surface area contributed by atoms with Crippen molar-refractivity contribution in [3.63, 3.8) is 0 Å². The van der Waals surface area contributed by atoms with E-state index >= 15 is 0 Å². The first kappa shape index (κ1) is 12.0. The van der Waals surface area contributed by atoms with Gasteiger partial charge in [-0.2, -0.15) is 0 Å². The molecule has 0 heterocycles. The molecule has 0 N–H and O–H groups in total. The summed E-state index contributed by atoms with van der Waals surface area (Å²) in [6.45, 7) is 3.08. The molecule has 1 aliphatic carbocycles. The molecule has 1 saturated carbocycles. The Bertz CT molecular complexity index is 236. The summed E-state index contributed by atoms with van der Waals surface area (Å²) in [6.07, 6.45) is 3.30. The lowest BCUT2D eigenvalue weighted by Crippen LogP contribution is -2.33. The summed E-state index contributed by atoms with van der Waals surface area (Å²) in [4.78, 5) is 24.4. The Morgan fingerprint density at radius 3 is 2.53 bits per heavy atom. The number of carbonyl (C=O) groups is 2. The van der Waals surface area contributed by atoms with Crippen LogP contribution in [0.2, 0.25) is 0 Å². The zero-order valence-electron chi connectivity index (χ0n) is 9.49. The van der Waals surface area contributed by atoms with Gasteiger partial charge in [0, 0.05) is 19.5 Å². The van der Waals surface area contributed by atoms with E-state index < -0.39 is 0 Å². The largest absolute Gasteiger partial charge is 0.469 e. The van der Waals surface area contributed by atoms with E-state index in [0.717, 1.165) is 0 Å². The molecule has 0 aromatic carbocycles. The molecule has 0 aromatic heterocycles. The highest BCUT2D eigenvalue weighted by molar-refractivity contribution is 5.77. The van der Waals surface area contributed by atoms with E-state index in [9.17, 15) is 9.59 Å². The van der Waals surface area contributed by atoms with E-state index in [-0.39, 0.29) is 11.9 Å². The summed E-state index contributed by atoms with van der Waals surface area (Å²) < 4.78 is 4.54. The van der Waals surface area contributed by atoms with Gasteiger partial charge in [-0.15, -0.1) is 0 Å². The normalized spacial score (nSPS) is 14.8. The lowest BCUT2D eigenvalue weighted by molar-refractivity contribution is -0.141. The topological polar surface area (TPSA) is 46.6 Å². The van der Waals surface area contributed by atoms with Crippen molar-refractivity contribution in [2.24, 2.45) is 5.92 Å². The first-order valence-corrected chi connectivity index (χ1v) is 5.52. The molecular formula is C11H19NO3. The summed E-state index contributed by atoms with van der Waals surface area (Å²) in [5, 5.41) is 0. The van der Waals surface area contributed by atoms with Gasteiger partial charge in [0.05, 0.1) is 13.5 Å². The van der Waals surface area contributed by atoms with E-state index in [1.807, 2.05) is 6.92 Å². The van der Waals surface area contributed by atoms with Crippen molar-refractivity contribution in [1.82, 2.24) is 4.90 Å². The highest BCUT2D eigenvalue weighted by Crippen LogP contribution is 2.32. The summed E-state index contributed by atoms with van der Waals surface area (Å²) in [6, 6.07) is 0. The molecule has 0 aromatic rings. The number of amides is 1. The molecule has 0 saturated heterocycles. The van der Waals surface area contributed by atoms with Gasteiger partial charge in [0.25, 0.3) is 0 Å². The van der Waals surface area contributed by atoms with Crippen LogP contribution in [0.3, 0.4) is 0 Å². The van der Waals surface area contributed by atoms with Gasteiger partial charge >= 0.3 is 5.97 Å². The zero-order valence-corrected chi connectivity index (χ0v) is 9.49. The van der Waals surface area contributed by atoms with Crippen LogP contribution in [-0.2, 0) is 14.3 Å². The van der Waals surface area contributed by atoms with Crippen LogP contribution >= 0.6 is 0 Å². The van der Waals surface area contributed by atoms with Crippen LogP contribution in [-0.4, -0.2) is 37.0 Å². The monoisotopic (exact) mass is 213 g/mol. The Labute approximate surface area is 90.6 Å². The number of methoxy groups -OCH3 is 1. The number of ether oxygens (including phenoxy) is 1. The zero-order chi connectivity index (χ0) is 11.3. The molecule has 0 aliphatic heterocycles. The van der Waals surface area contributed by atoms with Gasteiger partial charge in [0.15, 0.2) is 0 Å². The SMILES string of the molecule is CCN(CCC(=O)OC)C(=O)CC1CC1. The predicted octanol–water partition coefficient (Wildman–Crippen LogP) is 1.20. The fourth-order valence-corrected chi connectivity index (χ4v) is 1.49. The maximum Gasteiger partial charge on any atom is 0.307 e. The third-order valence-electron chi connectivity index (χ3n) is 2.71. The minimum atomic E-state index is -0.257. The van der Waals surface area contributed by atoms with Crippen LogP contribution in [0.15, 0.2) is 0 Å². The third kappa shape index (κ3) is 4.32. The summed E-state index contributed by atoms with van der Waals surface area (Å²) >= 11 is 0. The van der Waals surface area contributed by atoms with Gasteiger partial charge < -0.3 is 9.64 Å². The number of hydrogen-bond acceptors (Lipinski definition) is 3. The van der Waals surface area contributed by atoms with Crippen LogP contribution in [0, 0.1) is 5.92 Å². The van der Waals surface area contributed by atoms with Crippen LogP contribution < -0.4 is 0 Å². The smallest absolute Gasteiger partial charge is 0.307 e. The van der Waals surface area contributed by atoms with Crippen molar-refractivity contribution < 1.29 is 14.3 Å². The average molecular weight is 213 g/mol. The van der Waals surface area contributed by atoms with Gasteiger partial charge in [-0.25, -0.2) is 0 Å². The Hall–Kier alpha value is -1.06. The lowest BCUT2D eigenvalue weighted by atomic mass is 10.2. The molecule has 15 heavy (non-hydrogen) atoms. The van der Waals surface area contributed by atoms with E-state index in [1.165, 1.54) is 20.0 Å². The summed E-state index contributed by atoms with van der Waals surface area (Å²) in [5.74, 6) is 0.515. The number of nitrogens with zero attached hydrogens (tertiary/aromatic N) is 1. The molecule has 1 amide bonds. The Morgan fingerprint density at radius 2 is 2.07 bits per heavy atom. The number of esters is 1. The van der Waals surface area contributed by atoms with Gasteiger partial charge in [0.2, 0.25) is 5.91 Å². The van der Waals surface area contributed by atoms with Crippen molar-refractivity contribution in [3.8, 4) is 0 Å². The van der Waals surface area contributed by atoms with Crippen molar-refractivity contribution >= 4 is 11.9 Å². The number of hydrogen-bond donors (Lipinski definition) is 0. The first-order chi connectivity index (χ1) is 7.17. The number of rotatable bonds is 6. The van der Waals surface area contributed by atoms with Crippen LogP contribution in [0.1, 0.15) is 32.6 Å². The average Bonchev–Trinajstić information content (AvgIpc) is 3.02. The quantitative estimate of drug-likeness (QED) is 0.623.